The highest BCUT2D eigenvalue weighted by Gasteiger charge is 2.24. The summed E-state index contributed by atoms with van der Waals surface area (Å²) in [5.74, 6) is 2.03. The van der Waals surface area contributed by atoms with Gasteiger partial charge in [-0.25, -0.2) is 9.37 Å². The number of halogens is 1. The number of para-hydroxylation sites is 3. The molecule has 0 atom stereocenters. The number of benzene rings is 3. The van der Waals surface area contributed by atoms with Crippen LogP contribution >= 0.6 is 0 Å². The summed E-state index contributed by atoms with van der Waals surface area (Å²) >= 11 is 0. The molecule has 1 amide bonds. The van der Waals surface area contributed by atoms with E-state index in [9.17, 15) is 9.18 Å². The average Bonchev–Trinajstić information content (AvgIpc) is 3.22. The van der Waals surface area contributed by atoms with Crippen LogP contribution < -0.4 is 4.74 Å². The molecule has 0 saturated carbocycles. The van der Waals surface area contributed by atoms with E-state index in [0.29, 0.717) is 18.9 Å². The smallest absolute Gasteiger partial charge is 0.226 e. The van der Waals surface area contributed by atoms with Gasteiger partial charge in [-0.15, -0.1) is 0 Å². The van der Waals surface area contributed by atoms with Crippen molar-refractivity contribution in [1.82, 2.24) is 14.5 Å². The van der Waals surface area contributed by atoms with Crippen molar-refractivity contribution in [3.8, 4) is 5.75 Å². The Morgan fingerprint density at radius 3 is 2.41 bits per heavy atom. The molecule has 1 saturated heterocycles. The van der Waals surface area contributed by atoms with E-state index in [2.05, 4.69) is 10.6 Å². The molecule has 0 bridgehead atoms. The predicted octanol–water partition coefficient (Wildman–Crippen LogP) is 5.24. The number of hydrogen-bond acceptors (Lipinski definition) is 3. The second kappa shape index (κ2) is 10.1. The molecular formula is C28H28FN3O2. The van der Waals surface area contributed by atoms with Gasteiger partial charge in [-0.2, -0.15) is 0 Å². The van der Waals surface area contributed by atoms with Crippen LogP contribution in [0.3, 0.4) is 0 Å². The van der Waals surface area contributed by atoms with Crippen LogP contribution in [0, 0.1) is 11.7 Å². The number of piperidine rings is 1. The molecule has 3 aromatic carbocycles. The first kappa shape index (κ1) is 22.1. The number of rotatable bonds is 7. The van der Waals surface area contributed by atoms with Crippen LogP contribution in [0.2, 0.25) is 0 Å². The number of imidazole rings is 1. The SMILES string of the molecule is O=C(Cc1ccc(F)cc1)N1CCC(Cn2c(COc3ccccc3)nc3ccccc32)CC1. The Bertz CT molecular complexity index is 1250. The minimum atomic E-state index is -0.280. The zero-order valence-corrected chi connectivity index (χ0v) is 19.1. The molecule has 174 valence electrons. The minimum Gasteiger partial charge on any atom is -0.486 e. The van der Waals surface area contributed by atoms with E-state index in [1.165, 1.54) is 12.1 Å². The van der Waals surface area contributed by atoms with Crippen LogP contribution in [0.5, 0.6) is 5.75 Å². The maximum absolute atomic E-state index is 13.1. The Hall–Kier alpha value is -3.67. The number of ether oxygens (including phenoxy) is 1. The van der Waals surface area contributed by atoms with E-state index in [1.54, 1.807) is 12.1 Å². The van der Waals surface area contributed by atoms with Crippen molar-refractivity contribution in [1.29, 1.82) is 0 Å². The number of carbonyl (C=O) groups is 1. The van der Waals surface area contributed by atoms with E-state index >= 15 is 0 Å². The molecule has 0 radical (unpaired) electrons. The van der Waals surface area contributed by atoms with Crippen LogP contribution in [0.15, 0.2) is 78.9 Å². The number of nitrogens with zero attached hydrogens (tertiary/aromatic N) is 3. The summed E-state index contributed by atoms with van der Waals surface area (Å²) in [7, 11) is 0. The summed E-state index contributed by atoms with van der Waals surface area (Å²) in [4.78, 5) is 19.5. The van der Waals surface area contributed by atoms with Crippen LogP contribution in [-0.2, 0) is 24.4 Å². The lowest BCUT2D eigenvalue weighted by atomic mass is 9.96. The highest BCUT2D eigenvalue weighted by molar-refractivity contribution is 5.79. The molecule has 6 heteroatoms. The summed E-state index contributed by atoms with van der Waals surface area (Å²) in [5.41, 5.74) is 2.94. The summed E-state index contributed by atoms with van der Waals surface area (Å²) < 4.78 is 21.4. The number of amides is 1. The Morgan fingerprint density at radius 1 is 0.941 bits per heavy atom. The van der Waals surface area contributed by atoms with Crippen molar-refractivity contribution in [3.05, 3.63) is 96.1 Å². The lowest BCUT2D eigenvalue weighted by Crippen LogP contribution is -2.40. The topological polar surface area (TPSA) is 47.4 Å². The van der Waals surface area contributed by atoms with Gasteiger partial charge in [0.25, 0.3) is 0 Å². The molecule has 4 aromatic rings. The third-order valence-electron chi connectivity index (χ3n) is 6.52. The first-order valence-corrected chi connectivity index (χ1v) is 11.8. The van der Waals surface area contributed by atoms with Crippen LogP contribution in [0.1, 0.15) is 24.2 Å². The van der Waals surface area contributed by atoms with Crippen molar-refractivity contribution in [2.24, 2.45) is 5.92 Å². The van der Waals surface area contributed by atoms with Gasteiger partial charge in [0.05, 0.1) is 17.5 Å². The lowest BCUT2D eigenvalue weighted by molar-refractivity contribution is -0.131. The van der Waals surface area contributed by atoms with E-state index < -0.39 is 0 Å². The van der Waals surface area contributed by atoms with Gasteiger partial charge in [-0.3, -0.25) is 4.79 Å². The molecule has 5 rings (SSSR count). The third kappa shape index (κ3) is 5.11. The van der Waals surface area contributed by atoms with Gasteiger partial charge in [0.2, 0.25) is 5.91 Å². The van der Waals surface area contributed by atoms with E-state index in [1.807, 2.05) is 53.4 Å². The largest absolute Gasteiger partial charge is 0.486 e. The first-order valence-electron chi connectivity index (χ1n) is 11.8. The molecule has 34 heavy (non-hydrogen) atoms. The molecule has 1 aromatic heterocycles. The number of carbonyl (C=O) groups excluding carboxylic acids is 1. The quantitative estimate of drug-likeness (QED) is 0.382. The maximum atomic E-state index is 13.1. The zero-order chi connectivity index (χ0) is 23.3. The van der Waals surface area contributed by atoms with Crippen LogP contribution in [0.25, 0.3) is 11.0 Å². The number of hydrogen-bond donors (Lipinski definition) is 0. The second-order valence-corrected chi connectivity index (χ2v) is 8.86. The molecule has 2 heterocycles. The Kier molecular flexibility index (Phi) is 6.56. The fraction of sp³-hybridized carbons (Fsp3) is 0.286. The van der Waals surface area contributed by atoms with E-state index in [0.717, 1.165) is 60.6 Å². The Morgan fingerprint density at radius 2 is 1.65 bits per heavy atom. The van der Waals surface area contributed by atoms with Gasteiger partial charge in [0.1, 0.15) is 24.0 Å². The highest BCUT2D eigenvalue weighted by atomic mass is 19.1. The molecule has 0 unspecified atom stereocenters. The monoisotopic (exact) mass is 457 g/mol. The van der Waals surface area contributed by atoms with Crippen molar-refractivity contribution < 1.29 is 13.9 Å². The van der Waals surface area contributed by atoms with Gasteiger partial charge in [-0.05, 0) is 60.7 Å². The van der Waals surface area contributed by atoms with Gasteiger partial charge in [-0.1, -0.05) is 42.5 Å². The maximum Gasteiger partial charge on any atom is 0.226 e. The Balaban J connectivity index is 1.23. The van der Waals surface area contributed by atoms with Crippen molar-refractivity contribution in [2.75, 3.05) is 13.1 Å². The summed E-state index contributed by atoms with van der Waals surface area (Å²) in [6.07, 6.45) is 2.21. The molecule has 0 N–H and O–H groups in total. The summed E-state index contributed by atoms with van der Waals surface area (Å²) in [6.45, 7) is 2.75. The van der Waals surface area contributed by atoms with E-state index in [-0.39, 0.29) is 11.7 Å². The second-order valence-electron chi connectivity index (χ2n) is 8.86. The van der Waals surface area contributed by atoms with Gasteiger partial charge in [0, 0.05) is 19.6 Å². The van der Waals surface area contributed by atoms with E-state index in [4.69, 9.17) is 9.72 Å². The average molecular weight is 458 g/mol. The molecule has 1 fully saturated rings. The Labute approximate surface area is 198 Å². The lowest BCUT2D eigenvalue weighted by Gasteiger charge is -2.32. The number of fused-ring (bicyclic) bond motifs is 1. The fourth-order valence-corrected chi connectivity index (χ4v) is 4.62. The fourth-order valence-electron chi connectivity index (χ4n) is 4.62. The molecule has 0 spiro atoms. The number of likely N-dealkylation sites (tertiary alicyclic amines) is 1. The van der Waals surface area contributed by atoms with Crippen molar-refractivity contribution in [3.63, 3.8) is 0 Å². The highest BCUT2D eigenvalue weighted by Crippen LogP contribution is 2.25. The molecule has 0 aliphatic carbocycles. The van der Waals surface area contributed by atoms with Crippen LogP contribution in [0.4, 0.5) is 4.39 Å². The molecule has 1 aliphatic rings. The minimum absolute atomic E-state index is 0.107. The standard InChI is InChI=1S/C28H28FN3O2/c29-23-12-10-21(11-13-23)18-28(33)31-16-14-22(15-17-31)19-32-26-9-5-4-8-25(26)30-27(32)20-34-24-6-2-1-3-7-24/h1-13,22H,14-20H2. The zero-order valence-electron chi connectivity index (χ0n) is 19.1. The normalized spacial score (nSPS) is 14.4. The van der Waals surface area contributed by atoms with Gasteiger partial charge in [0.15, 0.2) is 0 Å². The van der Waals surface area contributed by atoms with Crippen molar-refractivity contribution >= 4 is 16.9 Å². The van der Waals surface area contributed by atoms with Crippen LogP contribution in [-0.4, -0.2) is 33.4 Å². The van der Waals surface area contributed by atoms with Gasteiger partial charge >= 0.3 is 0 Å². The predicted molar refractivity (Wildman–Crippen MR) is 130 cm³/mol. The van der Waals surface area contributed by atoms with Crippen molar-refractivity contribution in [2.45, 2.75) is 32.4 Å². The molecule has 5 nitrogen and oxygen atoms in total. The first-order chi connectivity index (χ1) is 16.7. The summed E-state index contributed by atoms with van der Waals surface area (Å²) in [6, 6.07) is 24.2. The molecular weight excluding hydrogens is 429 g/mol. The van der Waals surface area contributed by atoms with Gasteiger partial charge < -0.3 is 14.2 Å². The third-order valence-corrected chi connectivity index (χ3v) is 6.52. The molecule has 1 aliphatic heterocycles. The summed E-state index contributed by atoms with van der Waals surface area (Å²) in [5, 5.41) is 0. The number of aromatic nitrogens is 2.